The van der Waals surface area contributed by atoms with E-state index in [1.165, 1.54) is 60.8 Å². The fourth-order valence-electron chi connectivity index (χ4n) is 7.63. The summed E-state index contributed by atoms with van der Waals surface area (Å²) < 4.78 is 0. The number of nitriles is 1. The van der Waals surface area contributed by atoms with E-state index in [1.54, 1.807) is 6.20 Å². The fraction of sp³-hybridized carbons (Fsp3) is 0.0244. The van der Waals surface area contributed by atoms with Gasteiger partial charge in [-0.25, -0.2) is 0 Å². The van der Waals surface area contributed by atoms with E-state index in [0.717, 1.165) is 16.7 Å². The predicted octanol–water partition coefficient (Wildman–Crippen LogP) is 9.78. The Balaban J connectivity index is 1.33. The lowest BCUT2D eigenvalue weighted by Crippen LogP contribution is -2.25. The molecule has 7 aromatic rings. The quantitative estimate of drug-likeness (QED) is 0.217. The molecule has 2 nitrogen and oxygen atoms in total. The number of aromatic nitrogens is 1. The first-order valence-electron chi connectivity index (χ1n) is 14.6. The van der Waals surface area contributed by atoms with Crippen molar-refractivity contribution in [2.24, 2.45) is 0 Å². The smallest absolute Gasteiger partial charge is 0.101 e. The standard InChI is InChI=1S/C41H24N2/c42-23-26-20-31(25-43-24-26)29-10-7-9-28(21-29)30-17-18-38-35(22-30)40-32-11-2-1-8-27(32)16-19-39(40)41(38)36-14-5-3-12-33(36)34-13-4-6-15-37(34)41/h1-22,24-25H. The molecule has 0 radical (unpaired) electrons. The normalized spacial score (nSPS) is 13.3. The van der Waals surface area contributed by atoms with Crippen molar-refractivity contribution < 1.29 is 0 Å². The van der Waals surface area contributed by atoms with E-state index < -0.39 is 0 Å². The van der Waals surface area contributed by atoms with Gasteiger partial charge in [0.1, 0.15) is 6.07 Å². The van der Waals surface area contributed by atoms with Crippen LogP contribution in [0.2, 0.25) is 0 Å². The van der Waals surface area contributed by atoms with Gasteiger partial charge in [-0.3, -0.25) is 4.98 Å². The van der Waals surface area contributed by atoms with Gasteiger partial charge in [-0.2, -0.15) is 5.26 Å². The molecule has 2 heteroatoms. The van der Waals surface area contributed by atoms with Gasteiger partial charge in [-0.05, 0) is 90.2 Å². The van der Waals surface area contributed by atoms with E-state index in [0.29, 0.717) is 5.56 Å². The second-order valence-electron chi connectivity index (χ2n) is 11.5. The van der Waals surface area contributed by atoms with Gasteiger partial charge in [0, 0.05) is 18.0 Å². The Labute approximate surface area is 250 Å². The molecular weight excluding hydrogens is 520 g/mol. The molecule has 0 atom stereocenters. The van der Waals surface area contributed by atoms with Gasteiger partial charge in [-0.1, -0.05) is 115 Å². The Morgan fingerprint density at radius 3 is 1.93 bits per heavy atom. The number of rotatable bonds is 2. The van der Waals surface area contributed by atoms with Gasteiger partial charge in [0.25, 0.3) is 0 Å². The van der Waals surface area contributed by atoms with Crippen LogP contribution in [0, 0.1) is 11.3 Å². The van der Waals surface area contributed by atoms with Crippen LogP contribution in [0.5, 0.6) is 0 Å². The van der Waals surface area contributed by atoms with Crippen molar-refractivity contribution in [2.75, 3.05) is 0 Å². The van der Waals surface area contributed by atoms with Crippen LogP contribution in [0.15, 0.2) is 146 Å². The number of fused-ring (bicyclic) bond motifs is 12. The molecule has 6 aromatic carbocycles. The van der Waals surface area contributed by atoms with Gasteiger partial charge in [0.05, 0.1) is 11.0 Å². The number of benzene rings is 6. The minimum atomic E-state index is -0.369. The molecule has 1 aromatic heterocycles. The molecule has 0 unspecified atom stereocenters. The van der Waals surface area contributed by atoms with E-state index in [-0.39, 0.29) is 5.41 Å². The summed E-state index contributed by atoms with van der Waals surface area (Å²) in [6.07, 6.45) is 3.43. The summed E-state index contributed by atoms with van der Waals surface area (Å²) >= 11 is 0. The lowest BCUT2D eigenvalue weighted by atomic mass is 9.70. The molecule has 0 N–H and O–H groups in total. The van der Waals surface area contributed by atoms with Crippen LogP contribution in [0.3, 0.4) is 0 Å². The van der Waals surface area contributed by atoms with E-state index in [2.05, 4.69) is 138 Å². The number of hydrogen-bond acceptors (Lipinski definition) is 2. The molecule has 1 spiro atoms. The molecule has 198 valence electrons. The Hall–Kier alpha value is -5.78. The van der Waals surface area contributed by atoms with Crippen molar-refractivity contribution >= 4 is 10.8 Å². The minimum Gasteiger partial charge on any atom is -0.263 e. The van der Waals surface area contributed by atoms with E-state index >= 15 is 0 Å². The highest BCUT2D eigenvalue weighted by molar-refractivity contribution is 6.06. The lowest BCUT2D eigenvalue weighted by Gasteiger charge is -2.30. The van der Waals surface area contributed by atoms with Crippen LogP contribution in [0.4, 0.5) is 0 Å². The molecule has 0 aliphatic heterocycles. The van der Waals surface area contributed by atoms with Crippen molar-refractivity contribution in [3.63, 3.8) is 0 Å². The second kappa shape index (κ2) is 8.86. The Morgan fingerprint density at radius 1 is 0.488 bits per heavy atom. The number of nitrogens with zero attached hydrogens (tertiary/aromatic N) is 2. The summed E-state index contributed by atoms with van der Waals surface area (Å²) in [5, 5.41) is 11.9. The summed E-state index contributed by atoms with van der Waals surface area (Å²) in [6, 6.07) is 51.0. The van der Waals surface area contributed by atoms with Crippen molar-refractivity contribution in [3.05, 3.63) is 174 Å². The first-order valence-corrected chi connectivity index (χ1v) is 14.6. The second-order valence-corrected chi connectivity index (χ2v) is 11.5. The SMILES string of the molecule is N#Cc1cncc(-c2cccc(-c3ccc4c(c3)-c3c(ccc5ccccc35)C43c4ccccc4-c4ccccc43)c2)c1. The molecule has 2 aliphatic rings. The summed E-state index contributed by atoms with van der Waals surface area (Å²) in [7, 11) is 0. The van der Waals surface area contributed by atoms with Crippen molar-refractivity contribution in [2.45, 2.75) is 5.41 Å². The molecule has 0 saturated carbocycles. The van der Waals surface area contributed by atoms with Crippen molar-refractivity contribution in [1.29, 1.82) is 5.26 Å². The maximum absolute atomic E-state index is 9.41. The highest BCUT2D eigenvalue weighted by atomic mass is 14.6. The Kier molecular flexibility index (Phi) is 4.92. The molecule has 0 amide bonds. The number of pyridine rings is 1. The third kappa shape index (κ3) is 3.19. The lowest BCUT2D eigenvalue weighted by molar-refractivity contribution is 0.794. The zero-order valence-corrected chi connectivity index (χ0v) is 23.3. The predicted molar refractivity (Wildman–Crippen MR) is 174 cm³/mol. The maximum Gasteiger partial charge on any atom is 0.101 e. The largest absolute Gasteiger partial charge is 0.263 e. The van der Waals surface area contributed by atoms with E-state index in [1.807, 2.05) is 12.3 Å². The summed E-state index contributed by atoms with van der Waals surface area (Å²) in [6.45, 7) is 0. The van der Waals surface area contributed by atoms with Crippen molar-refractivity contribution in [1.82, 2.24) is 4.98 Å². The Bertz CT molecular complexity index is 2280. The van der Waals surface area contributed by atoms with Gasteiger partial charge >= 0.3 is 0 Å². The third-order valence-corrected chi connectivity index (χ3v) is 9.37. The molecule has 2 aliphatic carbocycles. The number of hydrogen-bond donors (Lipinski definition) is 0. The molecular formula is C41H24N2. The monoisotopic (exact) mass is 544 g/mol. The average molecular weight is 545 g/mol. The zero-order valence-electron chi connectivity index (χ0n) is 23.3. The summed E-state index contributed by atoms with van der Waals surface area (Å²) in [5.74, 6) is 0. The van der Waals surface area contributed by atoms with Crippen LogP contribution in [0.1, 0.15) is 27.8 Å². The highest BCUT2D eigenvalue weighted by Gasteiger charge is 2.51. The fourth-order valence-corrected chi connectivity index (χ4v) is 7.63. The molecule has 0 saturated heterocycles. The molecule has 1 heterocycles. The molecule has 9 rings (SSSR count). The zero-order chi connectivity index (χ0) is 28.5. The molecule has 0 fully saturated rings. The van der Waals surface area contributed by atoms with Gasteiger partial charge in [-0.15, -0.1) is 0 Å². The van der Waals surface area contributed by atoms with Crippen LogP contribution in [-0.2, 0) is 5.41 Å². The van der Waals surface area contributed by atoms with Crippen LogP contribution in [-0.4, -0.2) is 4.98 Å². The van der Waals surface area contributed by atoms with Crippen molar-refractivity contribution in [3.8, 4) is 50.6 Å². The summed E-state index contributed by atoms with van der Waals surface area (Å²) in [4.78, 5) is 4.29. The van der Waals surface area contributed by atoms with E-state index in [4.69, 9.17) is 0 Å². The van der Waals surface area contributed by atoms with E-state index in [9.17, 15) is 5.26 Å². The first kappa shape index (κ1) is 23.9. The van der Waals surface area contributed by atoms with Gasteiger partial charge in [0.15, 0.2) is 0 Å². The third-order valence-electron chi connectivity index (χ3n) is 9.37. The first-order chi connectivity index (χ1) is 21.3. The minimum absolute atomic E-state index is 0.369. The van der Waals surface area contributed by atoms with Gasteiger partial charge < -0.3 is 0 Å². The average Bonchev–Trinajstić information content (AvgIpc) is 3.55. The van der Waals surface area contributed by atoms with Crippen LogP contribution >= 0.6 is 0 Å². The highest BCUT2D eigenvalue weighted by Crippen LogP contribution is 2.63. The molecule has 43 heavy (non-hydrogen) atoms. The summed E-state index contributed by atoms with van der Waals surface area (Å²) in [5.41, 5.74) is 15.1. The topological polar surface area (TPSA) is 36.7 Å². The van der Waals surface area contributed by atoms with Crippen LogP contribution < -0.4 is 0 Å². The maximum atomic E-state index is 9.41. The van der Waals surface area contributed by atoms with Crippen LogP contribution in [0.25, 0.3) is 55.3 Å². The molecule has 0 bridgehead atoms. The van der Waals surface area contributed by atoms with Gasteiger partial charge in [0.2, 0.25) is 0 Å². The Morgan fingerprint density at radius 2 is 1.14 bits per heavy atom.